The van der Waals surface area contributed by atoms with Crippen molar-refractivity contribution in [2.75, 3.05) is 5.73 Å². The molecule has 0 aliphatic heterocycles. The quantitative estimate of drug-likeness (QED) is 0.809. The van der Waals surface area contributed by atoms with Gasteiger partial charge in [-0.25, -0.2) is 4.98 Å². The molecule has 84 valence electrons. The van der Waals surface area contributed by atoms with Crippen molar-refractivity contribution in [3.63, 3.8) is 0 Å². The normalized spacial score (nSPS) is 18.6. The van der Waals surface area contributed by atoms with E-state index in [4.69, 9.17) is 5.73 Å². The van der Waals surface area contributed by atoms with Crippen LogP contribution in [0.25, 0.3) is 0 Å². The molecule has 0 radical (unpaired) electrons. The highest BCUT2D eigenvalue weighted by atomic mass is 15.1. The highest BCUT2D eigenvalue weighted by Crippen LogP contribution is 2.31. The van der Waals surface area contributed by atoms with Gasteiger partial charge in [0.2, 0.25) is 0 Å². The summed E-state index contributed by atoms with van der Waals surface area (Å²) in [6, 6.07) is 0.640. The van der Waals surface area contributed by atoms with Crippen LogP contribution in [0.5, 0.6) is 0 Å². The second kappa shape index (κ2) is 4.25. The molecule has 1 aliphatic carbocycles. The predicted octanol–water partition coefficient (Wildman–Crippen LogP) is 3.09. The van der Waals surface area contributed by atoms with Crippen molar-refractivity contribution in [3.05, 3.63) is 12.0 Å². The van der Waals surface area contributed by atoms with E-state index >= 15 is 0 Å². The molecule has 0 spiro atoms. The minimum absolute atomic E-state index is 0.462. The zero-order valence-electron chi connectivity index (χ0n) is 9.74. The Hall–Kier alpha value is -0.990. The summed E-state index contributed by atoms with van der Waals surface area (Å²) in [5, 5.41) is 0. The largest absolute Gasteiger partial charge is 0.382 e. The molecule has 15 heavy (non-hydrogen) atoms. The Morgan fingerprint density at radius 3 is 2.60 bits per heavy atom. The summed E-state index contributed by atoms with van der Waals surface area (Å²) in [7, 11) is 0. The summed E-state index contributed by atoms with van der Waals surface area (Å²) in [6.07, 6.45) is 8.68. The van der Waals surface area contributed by atoms with Gasteiger partial charge in [0.25, 0.3) is 0 Å². The van der Waals surface area contributed by atoms with E-state index in [1.807, 2.05) is 6.20 Å². The van der Waals surface area contributed by atoms with Gasteiger partial charge in [-0.05, 0) is 12.8 Å². The fourth-order valence-electron chi connectivity index (χ4n) is 2.51. The van der Waals surface area contributed by atoms with Crippen molar-refractivity contribution in [1.82, 2.24) is 9.55 Å². The van der Waals surface area contributed by atoms with Gasteiger partial charge in [0.1, 0.15) is 11.6 Å². The third-order valence-corrected chi connectivity index (χ3v) is 3.26. The third kappa shape index (κ3) is 2.16. The van der Waals surface area contributed by atoms with Gasteiger partial charge >= 0.3 is 0 Å². The second-order valence-corrected chi connectivity index (χ2v) is 4.88. The molecule has 0 unspecified atom stereocenters. The molecule has 1 fully saturated rings. The van der Waals surface area contributed by atoms with E-state index in [2.05, 4.69) is 23.4 Å². The van der Waals surface area contributed by atoms with Crippen molar-refractivity contribution in [2.45, 2.75) is 57.9 Å². The van der Waals surface area contributed by atoms with Crippen molar-refractivity contribution >= 4 is 5.82 Å². The Morgan fingerprint density at radius 2 is 2.00 bits per heavy atom. The molecule has 1 aliphatic rings. The maximum Gasteiger partial charge on any atom is 0.141 e. The van der Waals surface area contributed by atoms with E-state index in [1.165, 1.54) is 32.1 Å². The maximum absolute atomic E-state index is 5.79. The van der Waals surface area contributed by atoms with Gasteiger partial charge in [-0.3, -0.25) is 0 Å². The first kappa shape index (κ1) is 10.5. The van der Waals surface area contributed by atoms with Crippen molar-refractivity contribution in [1.29, 1.82) is 0 Å². The number of nitrogen functional groups attached to an aromatic ring is 1. The zero-order valence-corrected chi connectivity index (χ0v) is 9.74. The Balaban J connectivity index is 2.25. The van der Waals surface area contributed by atoms with Crippen molar-refractivity contribution in [2.24, 2.45) is 0 Å². The van der Waals surface area contributed by atoms with Crippen LogP contribution >= 0.6 is 0 Å². The lowest BCUT2D eigenvalue weighted by Gasteiger charge is -2.25. The van der Waals surface area contributed by atoms with E-state index < -0.39 is 0 Å². The van der Waals surface area contributed by atoms with Crippen LogP contribution in [0.3, 0.4) is 0 Å². The van der Waals surface area contributed by atoms with Crippen LogP contribution in [-0.2, 0) is 0 Å². The number of hydrogen-bond donors (Lipinski definition) is 1. The Morgan fingerprint density at radius 1 is 1.33 bits per heavy atom. The van der Waals surface area contributed by atoms with Crippen molar-refractivity contribution in [3.8, 4) is 0 Å². The first-order valence-electron chi connectivity index (χ1n) is 6.02. The van der Waals surface area contributed by atoms with Gasteiger partial charge in [-0.2, -0.15) is 0 Å². The fraction of sp³-hybridized carbons (Fsp3) is 0.750. The van der Waals surface area contributed by atoms with Gasteiger partial charge in [0.15, 0.2) is 0 Å². The minimum Gasteiger partial charge on any atom is -0.382 e. The standard InChI is InChI=1S/C12H21N3/c1-9(2)12-14-11(13)8-15(12)10-6-4-3-5-7-10/h8-10H,3-7,13H2,1-2H3. The molecule has 3 heteroatoms. The Labute approximate surface area is 91.7 Å². The van der Waals surface area contributed by atoms with E-state index in [-0.39, 0.29) is 0 Å². The molecule has 0 amide bonds. The molecular formula is C12H21N3. The third-order valence-electron chi connectivity index (χ3n) is 3.26. The highest BCUT2D eigenvalue weighted by Gasteiger charge is 2.20. The second-order valence-electron chi connectivity index (χ2n) is 4.88. The maximum atomic E-state index is 5.79. The molecule has 0 atom stereocenters. The molecule has 1 aromatic rings. The molecular weight excluding hydrogens is 186 g/mol. The number of anilines is 1. The summed E-state index contributed by atoms with van der Waals surface area (Å²) >= 11 is 0. The molecule has 2 rings (SSSR count). The topological polar surface area (TPSA) is 43.8 Å². The summed E-state index contributed by atoms with van der Waals surface area (Å²) < 4.78 is 2.32. The van der Waals surface area contributed by atoms with Crippen LogP contribution in [0, 0.1) is 0 Å². The molecule has 1 saturated carbocycles. The lowest BCUT2D eigenvalue weighted by molar-refractivity contribution is 0.343. The fourth-order valence-corrected chi connectivity index (χ4v) is 2.51. The molecule has 2 N–H and O–H groups in total. The van der Waals surface area contributed by atoms with Crippen molar-refractivity contribution < 1.29 is 0 Å². The molecule has 1 heterocycles. The average molecular weight is 207 g/mol. The Bertz CT molecular complexity index is 322. The van der Waals surface area contributed by atoms with Crippen LogP contribution in [0.4, 0.5) is 5.82 Å². The number of nitrogens with zero attached hydrogens (tertiary/aromatic N) is 2. The van der Waals surface area contributed by atoms with Crippen LogP contribution in [0.15, 0.2) is 6.20 Å². The summed E-state index contributed by atoms with van der Waals surface area (Å²) in [4.78, 5) is 4.43. The SMILES string of the molecule is CC(C)c1nc(N)cn1C1CCCCC1. The van der Waals surface area contributed by atoms with Crippen LogP contribution in [0.1, 0.15) is 63.7 Å². The van der Waals surface area contributed by atoms with Gasteiger partial charge in [0.05, 0.1) is 0 Å². The smallest absolute Gasteiger partial charge is 0.141 e. The molecule has 0 aromatic carbocycles. The number of imidazole rings is 1. The van der Waals surface area contributed by atoms with Crippen LogP contribution in [0.2, 0.25) is 0 Å². The lowest BCUT2D eigenvalue weighted by atomic mass is 9.95. The van der Waals surface area contributed by atoms with Gasteiger partial charge in [-0.15, -0.1) is 0 Å². The lowest BCUT2D eigenvalue weighted by Crippen LogP contribution is -2.15. The van der Waals surface area contributed by atoms with E-state index in [0.29, 0.717) is 17.8 Å². The number of rotatable bonds is 2. The molecule has 1 aromatic heterocycles. The van der Waals surface area contributed by atoms with Gasteiger partial charge < -0.3 is 10.3 Å². The number of nitrogens with two attached hydrogens (primary N) is 1. The van der Waals surface area contributed by atoms with Gasteiger partial charge in [0, 0.05) is 18.2 Å². The summed E-state index contributed by atoms with van der Waals surface area (Å²) in [6.45, 7) is 4.36. The van der Waals surface area contributed by atoms with E-state index in [0.717, 1.165) is 5.82 Å². The minimum atomic E-state index is 0.462. The summed E-state index contributed by atoms with van der Waals surface area (Å²) in [5.74, 6) is 2.29. The van der Waals surface area contributed by atoms with Gasteiger partial charge in [-0.1, -0.05) is 33.1 Å². The van der Waals surface area contributed by atoms with E-state index in [9.17, 15) is 0 Å². The Kier molecular flexibility index (Phi) is 2.98. The predicted molar refractivity (Wildman–Crippen MR) is 62.9 cm³/mol. The number of aromatic nitrogens is 2. The zero-order chi connectivity index (χ0) is 10.8. The van der Waals surface area contributed by atoms with Crippen LogP contribution < -0.4 is 5.73 Å². The van der Waals surface area contributed by atoms with E-state index in [1.54, 1.807) is 0 Å². The first-order valence-corrected chi connectivity index (χ1v) is 6.02. The van der Waals surface area contributed by atoms with Crippen LogP contribution in [-0.4, -0.2) is 9.55 Å². The molecule has 0 bridgehead atoms. The molecule has 0 saturated heterocycles. The summed E-state index contributed by atoms with van der Waals surface area (Å²) in [5.41, 5.74) is 5.79. The number of hydrogen-bond acceptors (Lipinski definition) is 2. The monoisotopic (exact) mass is 207 g/mol. The molecule has 3 nitrogen and oxygen atoms in total. The first-order chi connectivity index (χ1) is 7.18. The average Bonchev–Trinajstić information content (AvgIpc) is 2.62. The highest BCUT2D eigenvalue weighted by molar-refractivity contribution is 5.27.